The molecule has 0 fully saturated rings. The quantitative estimate of drug-likeness (QED) is 0.573. The lowest BCUT2D eigenvalue weighted by Crippen LogP contribution is -2.30. The van der Waals surface area contributed by atoms with Crippen molar-refractivity contribution in [2.24, 2.45) is 0 Å². The van der Waals surface area contributed by atoms with Crippen LogP contribution < -0.4 is 0 Å². The summed E-state index contributed by atoms with van der Waals surface area (Å²) in [5, 5.41) is 0. The van der Waals surface area contributed by atoms with Gasteiger partial charge in [0.2, 0.25) is 5.67 Å². The zero-order valence-electron chi connectivity index (χ0n) is 7.32. The highest BCUT2D eigenvalue weighted by molar-refractivity contribution is 5.88. The van der Waals surface area contributed by atoms with Gasteiger partial charge in [-0.15, -0.1) is 0 Å². The predicted octanol–water partition coefficient (Wildman–Crippen LogP) is 2.89. The van der Waals surface area contributed by atoms with E-state index in [0.29, 0.717) is 0 Å². The molecule has 1 aliphatic rings. The molecule has 2 heteroatoms. The van der Waals surface area contributed by atoms with Gasteiger partial charge in [-0.3, -0.25) is 4.79 Å². The van der Waals surface area contributed by atoms with Gasteiger partial charge in [0.15, 0.2) is 5.78 Å². The van der Waals surface area contributed by atoms with Crippen LogP contribution in [0.5, 0.6) is 0 Å². The molecule has 0 aliphatic heterocycles. The molecule has 0 aromatic carbocycles. The monoisotopic (exact) mass is 184 g/mol. The van der Waals surface area contributed by atoms with Gasteiger partial charge in [-0.05, 0) is 19.8 Å². The fraction of sp³-hybridized carbons (Fsp3) is 0.727. The summed E-state index contributed by atoms with van der Waals surface area (Å²) >= 11 is 0. The van der Waals surface area contributed by atoms with Crippen molar-refractivity contribution in [2.75, 3.05) is 0 Å². The SMILES string of the molecule is C.CC(=O)C1(F)C#CCCCCC1. The Morgan fingerprint density at radius 1 is 1.38 bits per heavy atom. The minimum Gasteiger partial charge on any atom is -0.295 e. The van der Waals surface area contributed by atoms with E-state index in [9.17, 15) is 9.18 Å². The summed E-state index contributed by atoms with van der Waals surface area (Å²) in [6, 6.07) is 0. The summed E-state index contributed by atoms with van der Waals surface area (Å²) in [5.41, 5.74) is -1.85. The van der Waals surface area contributed by atoms with Crippen LogP contribution in [0.4, 0.5) is 4.39 Å². The smallest absolute Gasteiger partial charge is 0.228 e. The van der Waals surface area contributed by atoms with Crippen LogP contribution in [0.2, 0.25) is 0 Å². The van der Waals surface area contributed by atoms with Gasteiger partial charge < -0.3 is 0 Å². The number of halogens is 1. The Kier molecular flexibility index (Phi) is 4.69. The molecule has 1 atom stereocenters. The Labute approximate surface area is 79.7 Å². The highest BCUT2D eigenvalue weighted by atomic mass is 19.1. The van der Waals surface area contributed by atoms with Crippen molar-refractivity contribution < 1.29 is 9.18 Å². The Balaban J connectivity index is 0.00000144. The molecular formula is C11H17FO. The minimum atomic E-state index is -1.85. The van der Waals surface area contributed by atoms with E-state index < -0.39 is 11.5 Å². The van der Waals surface area contributed by atoms with Gasteiger partial charge in [-0.2, -0.15) is 0 Å². The summed E-state index contributed by atoms with van der Waals surface area (Å²) in [6.45, 7) is 1.27. The third-order valence-electron chi connectivity index (χ3n) is 2.17. The fourth-order valence-electron chi connectivity index (χ4n) is 1.29. The second-order valence-corrected chi connectivity index (χ2v) is 3.22. The molecule has 0 N–H and O–H groups in total. The summed E-state index contributed by atoms with van der Waals surface area (Å²) in [7, 11) is 0. The Hall–Kier alpha value is -0.840. The van der Waals surface area contributed by atoms with Crippen molar-refractivity contribution >= 4 is 5.78 Å². The van der Waals surface area contributed by atoms with E-state index in [4.69, 9.17) is 0 Å². The topological polar surface area (TPSA) is 17.1 Å². The van der Waals surface area contributed by atoms with E-state index >= 15 is 0 Å². The standard InChI is InChI=1S/C10H13FO.CH4/c1-9(12)10(11)7-5-3-2-4-6-8-10;/h2-5,7H2,1H3;1H4. The molecule has 1 rings (SSSR count). The van der Waals surface area contributed by atoms with E-state index in [1.54, 1.807) is 0 Å². The van der Waals surface area contributed by atoms with E-state index in [0.717, 1.165) is 25.7 Å². The number of hydrogen-bond donors (Lipinski definition) is 0. The maximum absolute atomic E-state index is 13.6. The van der Waals surface area contributed by atoms with Crippen LogP contribution in [0.3, 0.4) is 0 Å². The molecule has 13 heavy (non-hydrogen) atoms. The first kappa shape index (κ1) is 12.2. The average Bonchev–Trinajstić information content (AvgIpc) is 1.97. The molecule has 0 bridgehead atoms. The molecule has 0 saturated heterocycles. The van der Waals surface area contributed by atoms with E-state index in [-0.39, 0.29) is 13.8 Å². The molecule has 0 aromatic heterocycles. The second kappa shape index (κ2) is 5.01. The van der Waals surface area contributed by atoms with Crippen molar-refractivity contribution in [3.8, 4) is 11.8 Å². The summed E-state index contributed by atoms with van der Waals surface area (Å²) in [4.78, 5) is 10.9. The molecule has 1 nitrogen and oxygen atoms in total. The lowest BCUT2D eigenvalue weighted by Gasteiger charge is -2.16. The number of carbonyl (C=O) groups excluding carboxylic acids is 1. The van der Waals surface area contributed by atoms with E-state index in [1.165, 1.54) is 6.92 Å². The van der Waals surface area contributed by atoms with E-state index in [2.05, 4.69) is 11.8 Å². The molecule has 0 radical (unpaired) electrons. The number of rotatable bonds is 1. The Bertz CT molecular complexity index is 236. The van der Waals surface area contributed by atoms with Crippen LogP contribution in [0.25, 0.3) is 0 Å². The van der Waals surface area contributed by atoms with Gasteiger partial charge in [-0.25, -0.2) is 4.39 Å². The van der Waals surface area contributed by atoms with Crippen LogP contribution in [0, 0.1) is 11.8 Å². The third kappa shape index (κ3) is 3.18. The third-order valence-corrected chi connectivity index (χ3v) is 2.17. The van der Waals surface area contributed by atoms with Crippen LogP contribution in [0.15, 0.2) is 0 Å². The molecule has 0 spiro atoms. The van der Waals surface area contributed by atoms with Crippen molar-refractivity contribution in [1.29, 1.82) is 0 Å². The summed E-state index contributed by atoms with van der Waals surface area (Å²) < 4.78 is 13.6. The molecule has 0 saturated carbocycles. The van der Waals surface area contributed by atoms with Crippen LogP contribution >= 0.6 is 0 Å². The number of hydrogen-bond acceptors (Lipinski definition) is 1. The molecule has 0 amide bonds. The molecule has 1 unspecified atom stereocenters. The molecule has 74 valence electrons. The Morgan fingerprint density at radius 3 is 2.69 bits per heavy atom. The molecule has 0 aromatic rings. The maximum atomic E-state index is 13.6. The lowest BCUT2D eigenvalue weighted by molar-refractivity contribution is -0.125. The second-order valence-electron chi connectivity index (χ2n) is 3.22. The van der Waals surface area contributed by atoms with Crippen LogP contribution in [-0.2, 0) is 4.79 Å². The molecule has 1 aliphatic carbocycles. The zero-order valence-corrected chi connectivity index (χ0v) is 7.32. The predicted molar refractivity (Wildman–Crippen MR) is 52.1 cm³/mol. The molecular weight excluding hydrogens is 167 g/mol. The minimum absolute atomic E-state index is 0. The van der Waals surface area contributed by atoms with E-state index in [1.807, 2.05) is 0 Å². The fourth-order valence-corrected chi connectivity index (χ4v) is 1.29. The van der Waals surface area contributed by atoms with Gasteiger partial charge in [0.05, 0.1) is 0 Å². The largest absolute Gasteiger partial charge is 0.295 e. The average molecular weight is 184 g/mol. The molecule has 0 heterocycles. The number of alkyl halides is 1. The summed E-state index contributed by atoms with van der Waals surface area (Å²) in [6.07, 6.45) is 3.77. The van der Waals surface area contributed by atoms with Gasteiger partial charge in [-0.1, -0.05) is 25.7 Å². The maximum Gasteiger partial charge on any atom is 0.228 e. The van der Waals surface area contributed by atoms with Gasteiger partial charge in [0.25, 0.3) is 0 Å². The van der Waals surface area contributed by atoms with Crippen LogP contribution in [-0.4, -0.2) is 11.5 Å². The van der Waals surface area contributed by atoms with Crippen LogP contribution in [0.1, 0.15) is 46.5 Å². The zero-order chi connectivity index (χ0) is 9.03. The van der Waals surface area contributed by atoms with Gasteiger partial charge >= 0.3 is 0 Å². The number of Topliss-reactive ketones (excluding diaryl/α,β-unsaturated/α-hetero) is 1. The van der Waals surface area contributed by atoms with Crippen molar-refractivity contribution in [1.82, 2.24) is 0 Å². The highest BCUT2D eigenvalue weighted by Crippen LogP contribution is 2.22. The lowest BCUT2D eigenvalue weighted by atomic mass is 9.92. The Morgan fingerprint density at radius 2 is 2.08 bits per heavy atom. The van der Waals surface area contributed by atoms with Crippen molar-refractivity contribution in [3.05, 3.63) is 0 Å². The first-order valence-electron chi connectivity index (χ1n) is 4.35. The first-order chi connectivity index (χ1) is 5.65. The van der Waals surface area contributed by atoms with Crippen molar-refractivity contribution in [2.45, 2.75) is 52.1 Å². The summed E-state index contributed by atoms with van der Waals surface area (Å²) in [5.74, 6) is 4.70. The number of ketones is 1. The highest BCUT2D eigenvalue weighted by Gasteiger charge is 2.32. The normalized spacial score (nSPS) is 27.2. The first-order valence-corrected chi connectivity index (χ1v) is 4.35. The van der Waals surface area contributed by atoms with Crippen molar-refractivity contribution in [3.63, 3.8) is 0 Å². The van der Waals surface area contributed by atoms with Gasteiger partial charge in [0, 0.05) is 12.8 Å². The van der Waals surface area contributed by atoms with Gasteiger partial charge in [0.1, 0.15) is 0 Å². The number of carbonyl (C=O) groups is 1.